The predicted molar refractivity (Wildman–Crippen MR) is 83.6 cm³/mol. The van der Waals surface area contributed by atoms with Gasteiger partial charge in [0, 0.05) is 18.7 Å². The molecule has 0 spiro atoms. The fourth-order valence-corrected chi connectivity index (χ4v) is 2.12. The molecule has 0 radical (unpaired) electrons. The third-order valence-corrected chi connectivity index (χ3v) is 3.55. The van der Waals surface area contributed by atoms with Crippen LogP contribution in [0.1, 0.15) is 24.2 Å². The summed E-state index contributed by atoms with van der Waals surface area (Å²) >= 11 is 0. The maximum Gasteiger partial charge on any atom is 0.328 e. The Morgan fingerprint density at radius 3 is 2.65 bits per heavy atom. The highest BCUT2D eigenvalue weighted by Gasteiger charge is 2.14. The second-order valence-corrected chi connectivity index (χ2v) is 5.19. The number of fused-ring (bicyclic) bond motifs is 1. The molecule has 0 aliphatic rings. The van der Waals surface area contributed by atoms with Crippen molar-refractivity contribution in [2.75, 3.05) is 6.54 Å². The second kappa shape index (κ2) is 6.47. The number of hydrogen-bond donors (Lipinski definition) is 3. The highest BCUT2D eigenvalue weighted by Crippen LogP contribution is 2.09. The van der Waals surface area contributed by atoms with E-state index in [1.165, 1.54) is 25.1 Å². The van der Waals surface area contributed by atoms with Crippen LogP contribution in [0.2, 0.25) is 0 Å². The summed E-state index contributed by atoms with van der Waals surface area (Å²) in [5, 5.41) is 11.6. The van der Waals surface area contributed by atoms with Crippen molar-refractivity contribution in [2.24, 2.45) is 5.92 Å². The number of aromatic nitrogens is 2. The van der Waals surface area contributed by atoms with E-state index in [1.807, 2.05) is 0 Å². The van der Waals surface area contributed by atoms with Crippen molar-refractivity contribution in [3.63, 3.8) is 0 Å². The van der Waals surface area contributed by atoms with Gasteiger partial charge >= 0.3 is 11.7 Å². The van der Waals surface area contributed by atoms with Gasteiger partial charge in [0.2, 0.25) is 0 Å². The molecule has 1 atom stereocenters. The quantitative estimate of drug-likeness (QED) is 0.725. The number of carboxylic acid groups (broad SMARTS) is 1. The number of carbonyl (C=O) groups is 2. The third-order valence-electron chi connectivity index (χ3n) is 3.55. The zero-order chi connectivity index (χ0) is 17.1. The second-order valence-electron chi connectivity index (χ2n) is 5.19. The lowest BCUT2D eigenvalue weighted by molar-refractivity contribution is -0.140. The highest BCUT2D eigenvalue weighted by atomic mass is 16.4. The summed E-state index contributed by atoms with van der Waals surface area (Å²) in [5.41, 5.74) is -0.456. The maximum atomic E-state index is 12.1. The van der Waals surface area contributed by atoms with Crippen LogP contribution in [0.3, 0.4) is 0 Å². The minimum Gasteiger partial charge on any atom is -0.481 e. The van der Waals surface area contributed by atoms with Crippen LogP contribution in [-0.4, -0.2) is 33.1 Å². The van der Waals surface area contributed by atoms with Crippen molar-refractivity contribution < 1.29 is 14.7 Å². The third kappa shape index (κ3) is 3.31. The summed E-state index contributed by atoms with van der Waals surface area (Å²) in [7, 11) is 0. The lowest BCUT2D eigenvalue weighted by Crippen LogP contribution is -2.34. The van der Waals surface area contributed by atoms with Gasteiger partial charge < -0.3 is 15.4 Å². The fourth-order valence-electron chi connectivity index (χ4n) is 2.12. The van der Waals surface area contributed by atoms with Gasteiger partial charge in [-0.2, -0.15) is 0 Å². The van der Waals surface area contributed by atoms with Gasteiger partial charge in [-0.05, 0) is 25.1 Å². The number of rotatable bonds is 5. The van der Waals surface area contributed by atoms with Crippen molar-refractivity contribution in [3.8, 4) is 0 Å². The van der Waals surface area contributed by atoms with Crippen molar-refractivity contribution in [1.29, 1.82) is 0 Å². The molecule has 2 rings (SSSR count). The normalized spacial score (nSPS) is 12.1. The van der Waals surface area contributed by atoms with Crippen LogP contribution < -0.4 is 16.6 Å². The first-order chi connectivity index (χ1) is 10.8. The molecule has 2 aromatic rings. The lowest BCUT2D eigenvalue weighted by atomic mass is 10.1. The van der Waals surface area contributed by atoms with E-state index in [0.29, 0.717) is 5.39 Å². The fraction of sp³-hybridized carbons (Fsp3) is 0.333. The van der Waals surface area contributed by atoms with E-state index in [0.717, 1.165) is 4.57 Å². The topological polar surface area (TPSA) is 121 Å². The molecule has 1 amide bonds. The first kappa shape index (κ1) is 16.5. The molecule has 3 N–H and O–H groups in total. The Morgan fingerprint density at radius 2 is 2.04 bits per heavy atom. The Bertz CT molecular complexity index is 881. The first-order valence-corrected chi connectivity index (χ1v) is 7.13. The molecular formula is C15H17N3O5. The van der Waals surface area contributed by atoms with Crippen LogP contribution in [0.15, 0.2) is 27.8 Å². The average molecular weight is 319 g/mol. The maximum absolute atomic E-state index is 12.1. The summed E-state index contributed by atoms with van der Waals surface area (Å²) in [4.78, 5) is 49.2. The van der Waals surface area contributed by atoms with Crippen LogP contribution >= 0.6 is 0 Å². The van der Waals surface area contributed by atoms with Gasteiger partial charge in [-0.3, -0.25) is 19.0 Å². The number of benzene rings is 1. The Hall–Kier alpha value is -2.90. The largest absolute Gasteiger partial charge is 0.481 e. The number of H-pyrrole nitrogens is 1. The van der Waals surface area contributed by atoms with E-state index in [1.54, 1.807) is 6.92 Å². The number of aromatic amines is 1. The standard InChI is InChI=1S/C15H17N3O5/c1-3-18-13(20)10-5-4-9(6-11(10)17-15(18)23)12(19)16-7-8(2)14(21)22/h4-6,8H,3,7H2,1-2H3,(H,16,19)(H,17,23)(H,21,22). The Morgan fingerprint density at radius 1 is 1.35 bits per heavy atom. The molecule has 0 saturated carbocycles. The first-order valence-electron chi connectivity index (χ1n) is 7.13. The molecule has 0 fully saturated rings. The molecule has 1 unspecified atom stereocenters. The molecule has 23 heavy (non-hydrogen) atoms. The van der Waals surface area contributed by atoms with Gasteiger partial charge in [-0.15, -0.1) is 0 Å². The SMILES string of the molecule is CCn1c(=O)[nH]c2cc(C(=O)NCC(C)C(=O)O)ccc2c1=O. The molecule has 1 aromatic heterocycles. The summed E-state index contributed by atoms with van der Waals surface area (Å²) in [6, 6.07) is 4.33. The van der Waals surface area contributed by atoms with E-state index < -0.39 is 29.0 Å². The number of nitrogens with zero attached hydrogens (tertiary/aromatic N) is 1. The van der Waals surface area contributed by atoms with Crippen LogP contribution in [0, 0.1) is 5.92 Å². The molecule has 8 heteroatoms. The molecule has 0 bridgehead atoms. The van der Waals surface area contributed by atoms with Gasteiger partial charge in [0.15, 0.2) is 0 Å². The summed E-state index contributed by atoms with van der Waals surface area (Å²) in [6.07, 6.45) is 0. The summed E-state index contributed by atoms with van der Waals surface area (Å²) in [6.45, 7) is 3.40. The summed E-state index contributed by atoms with van der Waals surface area (Å²) < 4.78 is 1.07. The highest BCUT2D eigenvalue weighted by molar-refractivity contribution is 5.97. The van der Waals surface area contributed by atoms with Crippen LogP contribution in [-0.2, 0) is 11.3 Å². The van der Waals surface area contributed by atoms with Crippen molar-refractivity contribution >= 4 is 22.8 Å². The van der Waals surface area contributed by atoms with Crippen molar-refractivity contribution in [1.82, 2.24) is 14.9 Å². The van der Waals surface area contributed by atoms with E-state index in [-0.39, 0.29) is 24.2 Å². The molecule has 0 aliphatic heterocycles. The predicted octanol–water partition coefficient (Wildman–Crippen LogP) is 0.160. The molecule has 0 aliphatic carbocycles. The van der Waals surface area contributed by atoms with Gasteiger partial charge in [-0.1, -0.05) is 6.92 Å². The van der Waals surface area contributed by atoms with Crippen LogP contribution in [0.25, 0.3) is 10.9 Å². The molecule has 122 valence electrons. The number of nitrogens with one attached hydrogen (secondary N) is 2. The number of carbonyl (C=O) groups excluding carboxylic acids is 1. The van der Waals surface area contributed by atoms with Gasteiger partial charge in [0.05, 0.1) is 16.8 Å². The monoisotopic (exact) mass is 319 g/mol. The number of aliphatic carboxylic acids is 1. The number of amides is 1. The van der Waals surface area contributed by atoms with Gasteiger partial charge in [-0.25, -0.2) is 4.79 Å². The number of carboxylic acids is 1. The zero-order valence-corrected chi connectivity index (χ0v) is 12.8. The van der Waals surface area contributed by atoms with E-state index in [2.05, 4.69) is 10.3 Å². The minimum atomic E-state index is -1.01. The molecular weight excluding hydrogens is 302 g/mol. The Balaban J connectivity index is 2.34. The lowest BCUT2D eigenvalue weighted by Gasteiger charge is -2.09. The summed E-state index contributed by atoms with van der Waals surface area (Å²) in [5.74, 6) is -2.19. The molecule has 1 aromatic carbocycles. The molecule has 1 heterocycles. The minimum absolute atomic E-state index is 0.0137. The zero-order valence-electron chi connectivity index (χ0n) is 12.8. The molecule has 8 nitrogen and oxygen atoms in total. The average Bonchev–Trinajstić information content (AvgIpc) is 2.51. The van der Waals surface area contributed by atoms with E-state index >= 15 is 0 Å². The Kier molecular flexibility index (Phi) is 4.63. The van der Waals surface area contributed by atoms with Crippen LogP contribution in [0.4, 0.5) is 0 Å². The van der Waals surface area contributed by atoms with Crippen molar-refractivity contribution in [3.05, 3.63) is 44.6 Å². The van der Waals surface area contributed by atoms with Gasteiger partial charge in [0.1, 0.15) is 0 Å². The smallest absolute Gasteiger partial charge is 0.328 e. The number of hydrogen-bond acceptors (Lipinski definition) is 4. The van der Waals surface area contributed by atoms with Crippen LogP contribution in [0.5, 0.6) is 0 Å². The van der Waals surface area contributed by atoms with Gasteiger partial charge in [0.25, 0.3) is 11.5 Å². The van der Waals surface area contributed by atoms with E-state index in [9.17, 15) is 19.2 Å². The Labute approximate surface area is 130 Å². The van der Waals surface area contributed by atoms with Crippen molar-refractivity contribution in [2.45, 2.75) is 20.4 Å². The van der Waals surface area contributed by atoms with E-state index in [4.69, 9.17) is 5.11 Å². The molecule has 0 saturated heterocycles.